The number of ether oxygens (including phenoxy) is 2. The van der Waals surface area contributed by atoms with Crippen molar-refractivity contribution in [3.8, 4) is 40.1 Å². The fraction of sp³-hybridized carbons (Fsp3) is 0.440. The van der Waals surface area contributed by atoms with E-state index < -0.39 is 53.7 Å². The van der Waals surface area contributed by atoms with Crippen LogP contribution in [0.1, 0.15) is 95.8 Å². The van der Waals surface area contributed by atoms with E-state index in [1.807, 2.05) is 18.2 Å². The Balaban J connectivity index is 1.36. The van der Waals surface area contributed by atoms with Gasteiger partial charge < -0.3 is 52.8 Å². The van der Waals surface area contributed by atoms with E-state index in [-0.39, 0.29) is 57.8 Å². The lowest BCUT2D eigenvalue weighted by Gasteiger charge is -2.32. The van der Waals surface area contributed by atoms with Crippen LogP contribution in [0.25, 0.3) is 22.5 Å². The number of fused-ring (bicyclic) bond motifs is 5. The average molecular weight is 930 g/mol. The molecule has 1 aliphatic carbocycles. The number of nitrogens with one attached hydrogen (secondary N) is 4. The summed E-state index contributed by atoms with van der Waals surface area (Å²) in [6.07, 6.45) is 6.13. The number of hydrogen-bond acceptors (Lipinski definition) is 13. The van der Waals surface area contributed by atoms with Crippen molar-refractivity contribution < 1.29 is 33.4 Å². The van der Waals surface area contributed by atoms with Crippen molar-refractivity contribution in [3.05, 3.63) is 94.3 Å². The van der Waals surface area contributed by atoms with Gasteiger partial charge in [0, 0.05) is 43.2 Å². The maximum absolute atomic E-state index is 14.8. The van der Waals surface area contributed by atoms with Crippen molar-refractivity contribution in [2.75, 3.05) is 46.4 Å². The van der Waals surface area contributed by atoms with E-state index in [4.69, 9.17) is 36.6 Å². The summed E-state index contributed by atoms with van der Waals surface area (Å²) in [6.45, 7) is 5.26. The molecule has 3 aromatic carbocycles. The Labute approximate surface area is 397 Å². The van der Waals surface area contributed by atoms with Gasteiger partial charge in [0.1, 0.15) is 55.4 Å². The Hall–Kier alpha value is -6.94. The quantitative estimate of drug-likeness (QED) is 0.0797. The Morgan fingerprint density at radius 3 is 2.07 bits per heavy atom. The first-order valence-electron chi connectivity index (χ1n) is 23.2. The topological polar surface area (TPSA) is 283 Å². The normalized spacial score (nSPS) is 17.9. The lowest BCUT2D eigenvalue weighted by atomic mass is 9.84. The molecule has 1 fully saturated rings. The standard InChI is InChI=1S/C50H63N11O7/c1-29-43(30(2)57-45(56-29)35-13-11-34(12-14-35)33-8-6-5-7-9-33)48(64)59-39(18-19-51)50(66)61(4)44-36-15-17-42(68-25-22-54)38(28-36)37-26-32(10-16-41(37)67-24-21-53)27-40(47(63)55-23-20-52)60-46(62)31(3)58-49(44)65/h10-17,26,28,31,33,39-40,44H,5-9,18-19,21-25,27,51,53-54H2,1-4H3,(H,55,63)(H,58,65)(H,59,64)(H,60,62). The minimum atomic E-state index is -1.40. The van der Waals surface area contributed by atoms with Gasteiger partial charge in [-0.2, -0.15) is 5.26 Å². The Morgan fingerprint density at radius 1 is 0.838 bits per heavy atom. The summed E-state index contributed by atoms with van der Waals surface area (Å²) >= 11 is 0. The van der Waals surface area contributed by atoms with Crippen molar-refractivity contribution in [1.29, 1.82) is 5.26 Å². The fourth-order valence-corrected chi connectivity index (χ4v) is 8.87. The number of likely N-dealkylation sites (N-methyl/N-ethyl adjacent to an activating group) is 1. The van der Waals surface area contributed by atoms with Crippen molar-refractivity contribution in [1.82, 2.24) is 36.1 Å². The number of aryl methyl sites for hydroxylation is 2. The number of hydrogen-bond donors (Lipinski definition) is 7. The van der Waals surface area contributed by atoms with Gasteiger partial charge in [-0.3, -0.25) is 24.0 Å². The van der Waals surface area contributed by atoms with Gasteiger partial charge in [0.15, 0.2) is 5.82 Å². The number of benzene rings is 3. The number of aromatic nitrogens is 2. The highest BCUT2D eigenvalue weighted by molar-refractivity contribution is 6.00. The maximum atomic E-state index is 14.8. The number of nitriles is 1. The molecule has 0 spiro atoms. The smallest absolute Gasteiger partial charge is 0.255 e. The van der Waals surface area contributed by atoms with E-state index in [0.29, 0.717) is 56.9 Å². The van der Waals surface area contributed by atoms with E-state index in [0.717, 1.165) is 5.56 Å². The minimum absolute atomic E-state index is 0.00406. The molecule has 4 bridgehead atoms. The lowest BCUT2D eigenvalue weighted by Crippen LogP contribution is -2.56. The molecule has 1 aromatic heterocycles. The molecule has 1 aliphatic heterocycles. The summed E-state index contributed by atoms with van der Waals surface area (Å²) in [5.74, 6) is -1.51. The molecule has 2 heterocycles. The molecule has 18 heteroatoms. The van der Waals surface area contributed by atoms with Gasteiger partial charge in [0.05, 0.1) is 23.0 Å². The first kappa shape index (κ1) is 50.5. The molecule has 4 aromatic rings. The molecule has 18 nitrogen and oxygen atoms in total. The van der Waals surface area contributed by atoms with E-state index in [1.54, 1.807) is 50.2 Å². The summed E-state index contributed by atoms with van der Waals surface area (Å²) in [5, 5.41) is 20.0. The molecule has 0 radical (unpaired) electrons. The van der Waals surface area contributed by atoms with E-state index in [2.05, 4.69) is 33.4 Å². The number of nitrogens with zero attached hydrogens (tertiary/aromatic N) is 4. The molecule has 68 heavy (non-hydrogen) atoms. The number of amides is 5. The second-order valence-corrected chi connectivity index (χ2v) is 17.2. The second kappa shape index (κ2) is 23.7. The van der Waals surface area contributed by atoms with Crippen molar-refractivity contribution in [2.45, 2.75) is 95.8 Å². The minimum Gasteiger partial charge on any atom is -0.492 e. The SMILES string of the molecule is Cc1nc(-c2ccc(C3CCCCC3)cc2)nc(C)c1C(=O)NC(CCN)C(=O)N(C)C1C(=O)NC(C)C(=O)NC(C(=O)NCC#N)Cc2ccc(OCCN)c(c2)-c2cc1ccc2OCCN. The molecular weight excluding hydrogens is 867 g/mol. The number of carbonyl (C=O) groups is 5. The molecule has 5 amide bonds. The summed E-state index contributed by atoms with van der Waals surface area (Å²) in [6, 6.07) is 15.4. The third-order valence-corrected chi connectivity index (χ3v) is 12.4. The summed E-state index contributed by atoms with van der Waals surface area (Å²) in [5.41, 5.74) is 22.8. The van der Waals surface area contributed by atoms with Gasteiger partial charge in [0.25, 0.3) is 5.91 Å². The summed E-state index contributed by atoms with van der Waals surface area (Å²) in [4.78, 5) is 81.3. The molecule has 4 atom stereocenters. The maximum Gasteiger partial charge on any atom is 0.255 e. The van der Waals surface area contributed by atoms with Gasteiger partial charge in [-0.15, -0.1) is 0 Å². The van der Waals surface area contributed by atoms with Crippen molar-refractivity contribution >= 4 is 29.5 Å². The summed E-state index contributed by atoms with van der Waals surface area (Å²) in [7, 11) is 1.43. The highest BCUT2D eigenvalue weighted by Crippen LogP contribution is 2.40. The zero-order valence-electron chi connectivity index (χ0n) is 39.2. The van der Waals surface area contributed by atoms with Crippen LogP contribution in [0, 0.1) is 25.2 Å². The van der Waals surface area contributed by atoms with E-state index >= 15 is 0 Å². The Bertz CT molecular complexity index is 2480. The van der Waals surface area contributed by atoms with Crippen molar-refractivity contribution in [3.63, 3.8) is 0 Å². The van der Waals surface area contributed by atoms with Crippen LogP contribution < -0.4 is 47.9 Å². The predicted octanol–water partition coefficient (Wildman–Crippen LogP) is 2.98. The van der Waals surface area contributed by atoms with Crippen LogP contribution >= 0.6 is 0 Å². The fourth-order valence-electron chi connectivity index (χ4n) is 8.87. The molecule has 2 aliphatic rings. The molecule has 1 saturated carbocycles. The number of nitrogens with two attached hydrogens (primary N) is 3. The third-order valence-electron chi connectivity index (χ3n) is 12.4. The molecular formula is C50H63N11O7. The third kappa shape index (κ3) is 12.1. The lowest BCUT2D eigenvalue weighted by molar-refractivity contribution is -0.141. The van der Waals surface area contributed by atoms with Crippen LogP contribution in [-0.2, 0) is 25.6 Å². The van der Waals surface area contributed by atoms with Gasteiger partial charge in [-0.25, -0.2) is 9.97 Å². The largest absolute Gasteiger partial charge is 0.492 e. The van der Waals surface area contributed by atoms with Crippen LogP contribution in [0.2, 0.25) is 0 Å². The van der Waals surface area contributed by atoms with Gasteiger partial charge >= 0.3 is 0 Å². The van der Waals surface area contributed by atoms with E-state index in [9.17, 15) is 29.2 Å². The molecule has 4 unspecified atom stereocenters. The zero-order valence-corrected chi connectivity index (χ0v) is 39.2. The summed E-state index contributed by atoms with van der Waals surface area (Å²) < 4.78 is 12.2. The predicted molar refractivity (Wildman–Crippen MR) is 256 cm³/mol. The van der Waals surface area contributed by atoms with Gasteiger partial charge in [-0.05, 0) is 93.5 Å². The van der Waals surface area contributed by atoms with Gasteiger partial charge in [-0.1, -0.05) is 55.7 Å². The van der Waals surface area contributed by atoms with E-state index in [1.165, 1.54) is 56.5 Å². The second-order valence-electron chi connectivity index (χ2n) is 17.2. The van der Waals surface area contributed by atoms with Crippen LogP contribution in [0.5, 0.6) is 11.5 Å². The highest BCUT2D eigenvalue weighted by atomic mass is 16.5. The van der Waals surface area contributed by atoms with Gasteiger partial charge in [0.2, 0.25) is 23.6 Å². The van der Waals surface area contributed by atoms with Crippen molar-refractivity contribution in [2.24, 2.45) is 17.2 Å². The highest BCUT2D eigenvalue weighted by Gasteiger charge is 2.36. The Morgan fingerprint density at radius 2 is 1.46 bits per heavy atom. The molecule has 10 N–H and O–H groups in total. The molecule has 0 saturated heterocycles. The van der Waals surface area contributed by atoms with Crippen LogP contribution in [-0.4, -0.2) is 109 Å². The number of carbonyl (C=O) groups excluding carboxylic acids is 5. The van der Waals surface area contributed by atoms with Crippen LogP contribution in [0.3, 0.4) is 0 Å². The molecule has 6 rings (SSSR count). The van der Waals surface area contributed by atoms with Crippen LogP contribution in [0.15, 0.2) is 60.7 Å². The average Bonchev–Trinajstić information content (AvgIpc) is 3.33. The number of rotatable bonds is 16. The monoisotopic (exact) mass is 929 g/mol. The first-order chi connectivity index (χ1) is 32.8. The Kier molecular flexibility index (Phi) is 17.6. The molecule has 360 valence electrons. The first-order valence-corrected chi connectivity index (χ1v) is 23.2. The zero-order chi connectivity index (χ0) is 48.9. The van der Waals surface area contributed by atoms with Crippen LogP contribution in [0.4, 0.5) is 0 Å².